The summed E-state index contributed by atoms with van der Waals surface area (Å²) in [5.41, 5.74) is 7.17. The van der Waals surface area contributed by atoms with Crippen molar-refractivity contribution in [2.45, 2.75) is 25.8 Å². The van der Waals surface area contributed by atoms with Crippen LogP contribution in [0.15, 0.2) is 18.2 Å². The number of rotatable bonds is 3. The monoisotopic (exact) mass is 263 g/mol. The molecule has 1 fully saturated rings. The normalized spacial score (nSPS) is 16.8. The maximum Gasteiger partial charge on any atom is 0.182 e. The molecule has 6 heteroatoms. The molecule has 94 valence electrons. The van der Waals surface area contributed by atoms with Crippen molar-refractivity contribution in [2.24, 2.45) is 5.92 Å². The molecule has 0 bridgehead atoms. The van der Waals surface area contributed by atoms with E-state index in [-0.39, 0.29) is 0 Å². The van der Waals surface area contributed by atoms with Crippen molar-refractivity contribution >= 4 is 17.3 Å². The number of halogens is 1. The quantitative estimate of drug-likeness (QED) is 0.864. The first-order valence-electron chi connectivity index (χ1n) is 6.00. The lowest BCUT2D eigenvalue weighted by Gasteiger charge is -2.12. The Kier molecular flexibility index (Phi) is 2.70. The number of hydrogen-bond donors (Lipinski definition) is 1. The Morgan fingerprint density at radius 1 is 1.44 bits per heavy atom. The number of aromatic nitrogens is 4. The summed E-state index contributed by atoms with van der Waals surface area (Å²) in [6, 6.07) is 5.80. The molecule has 2 aromatic rings. The van der Waals surface area contributed by atoms with Gasteiger partial charge in [0.05, 0.1) is 16.8 Å². The largest absolute Gasteiger partial charge is 0.398 e. The number of tetrazole rings is 1. The molecule has 0 saturated heterocycles. The molecule has 1 aromatic heterocycles. The van der Waals surface area contributed by atoms with Crippen LogP contribution in [-0.4, -0.2) is 20.2 Å². The van der Waals surface area contributed by atoms with Crippen LogP contribution in [0.25, 0.3) is 11.4 Å². The summed E-state index contributed by atoms with van der Waals surface area (Å²) in [6.45, 7) is 2.15. The number of benzene rings is 1. The molecule has 1 unspecified atom stereocenters. The summed E-state index contributed by atoms with van der Waals surface area (Å²) < 4.78 is 1.87. The summed E-state index contributed by atoms with van der Waals surface area (Å²) in [6.07, 6.45) is 2.51. The maximum absolute atomic E-state index is 6.03. The van der Waals surface area contributed by atoms with Gasteiger partial charge in [-0.25, -0.2) is 4.68 Å². The SMILES string of the molecule is CC(C1CC1)n1nnnc1-c1ccc(N)c(Cl)c1. The molecule has 0 spiro atoms. The number of nitrogens with two attached hydrogens (primary N) is 1. The Morgan fingerprint density at radius 3 is 2.89 bits per heavy atom. The molecule has 0 amide bonds. The van der Waals surface area contributed by atoms with Gasteiger partial charge in [0, 0.05) is 5.56 Å². The van der Waals surface area contributed by atoms with Gasteiger partial charge >= 0.3 is 0 Å². The minimum absolute atomic E-state index is 0.325. The topological polar surface area (TPSA) is 69.6 Å². The van der Waals surface area contributed by atoms with E-state index in [1.807, 2.05) is 10.7 Å². The van der Waals surface area contributed by atoms with Gasteiger partial charge in [0.15, 0.2) is 5.82 Å². The second kappa shape index (κ2) is 4.24. The average Bonchev–Trinajstić information content (AvgIpc) is 3.09. The highest BCUT2D eigenvalue weighted by atomic mass is 35.5. The molecule has 2 N–H and O–H groups in total. The van der Waals surface area contributed by atoms with Gasteiger partial charge in [0.1, 0.15) is 0 Å². The van der Waals surface area contributed by atoms with Crippen LogP contribution in [0.4, 0.5) is 5.69 Å². The van der Waals surface area contributed by atoms with Crippen molar-refractivity contribution in [1.29, 1.82) is 0 Å². The fourth-order valence-corrected chi connectivity index (χ4v) is 2.28. The second-order valence-corrected chi connectivity index (χ2v) is 5.17. The Balaban J connectivity index is 2.00. The van der Waals surface area contributed by atoms with Gasteiger partial charge in [0.25, 0.3) is 0 Å². The van der Waals surface area contributed by atoms with Crippen LogP contribution in [0.2, 0.25) is 5.02 Å². The lowest BCUT2D eigenvalue weighted by molar-refractivity contribution is 0.433. The zero-order valence-corrected chi connectivity index (χ0v) is 10.8. The van der Waals surface area contributed by atoms with E-state index in [4.69, 9.17) is 17.3 Å². The molecule has 5 nitrogen and oxygen atoms in total. The van der Waals surface area contributed by atoms with E-state index in [0.717, 1.165) is 11.4 Å². The molecule has 1 saturated carbocycles. The summed E-state index contributed by atoms with van der Waals surface area (Å²) in [5, 5.41) is 12.5. The van der Waals surface area contributed by atoms with Crippen molar-refractivity contribution in [1.82, 2.24) is 20.2 Å². The highest BCUT2D eigenvalue weighted by Crippen LogP contribution is 2.40. The molecule has 1 aliphatic carbocycles. The molecular formula is C12H14ClN5. The number of anilines is 1. The van der Waals surface area contributed by atoms with Crippen LogP contribution in [0.1, 0.15) is 25.8 Å². The third-order valence-electron chi connectivity index (χ3n) is 3.44. The molecule has 1 atom stereocenters. The molecule has 1 heterocycles. The molecule has 18 heavy (non-hydrogen) atoms. The van der Waals surface area contributed by atoms with Gasteiger partial charge in [-0.05, 0) is 54.3 Å². The third-order valence-corrected chi connectivity index (χ3v) is 3.77. The van der Waals surface area contributed by atoms with Crippen molar-refractivity contribution in [3.63, 3.8) is 0 Å². The van der Waals surface area contributed by atoms with Gasteiger partial charge < -0.3 is 5.73 Å². The van der Waals surface area contributed by atoms with Gasteiger partial charge in [-0.2, -0.15) is 0 Å². The van der Waals surface area contributed by atoms with Crippen LogP contribution in [0.5, 0.6) is 0 Å². The van der Waals surface area contributed by atoms with Crippen LogP contribution in [0.3, 0.4) is 0 Å². The zero-order valence-electron chi connectivity index (χ0n) is 10.0. The standard InChI is InChI=1S/C12H14ClN5/c1-7(8-2-3-8)18-12(15-16-17-18)9-4-5-11(14)10(13)6-9/h4-8H,2-3,14H2,1H3. The molecular weight excluding hydrogens is 250 g/mol. The first-order chi connectivity index (χ1) is 8.66. The smallest absolute Gasteiger partial charge is 0.182 e. The van der Waals surface area contributed by atoms with Crippen LogP contribution in [0, 0.1) is 5.92 Å². The number of nitrogen functional groups attached to an aromatic ring is 1. The lowest BCUT2D eigenvalue weighted by Crippen LogP contribution is -2.10. The van der Waals surface area contributed by atoms with Crippen molar-refractivity contribution in [2.75, 3.05) is 5.73 Å². The average molecular weight is 264 g/mol. The predicted octanol–water partition coefficient (Wildman–Crippen LogP) is 2.55. The van der Waals surface area contributed by atoms with Crippen LogP contribution in [-0.2, 0) is 0 Å². The molecule has 0 radical (unpaired) electrons. The summed E-state index contributed by atoms with van der Waals surface area (Å²) in [7, 11) is 0. The first-order valence-corrected chi connectivity index (χ1v) is 6.38. The third kappa shape index (κ3) is 1.95. The fraction of sp³-hybridized carbons (Fsp3) is 0.417. The van der Waals surface area contributed by atoms with Crippen molar-refractivity contribution < 1.29 is 0 Å². The zero-order chi connectivity index (χ0) is 12.7. The number of hydrogen-bond acceptors (Lipinski definition) is 4. The van der Waals surface area contributed by atoms with Crippen molar-refractivity contribution in [3.05, 3.63) is 23.2 Å². The van der Waals surface area contributed by atoms with E-state index >= 15 is 0 Å². The van der Waals surface area contributed by atoms with E-state index in [1.54, 1.807) is 12.1 Å². The Hall–Kier alpha value is -1.62. The lowest BCUT2D eigenvalue weighted by atomic mass is 10.1. The van der Waals surface area contributed by atoms with E-state index in [9.17, 15) is 0 Å². The van der Waals surface area contributed by atoms with Crippen LogP contribution >= 0.6 is 11.6 Å². The number of nitrogens with zero attached hydrogens (tertiary/aromatic N) is 4. The van der Waals surface area contributed by atoms with Gasteiger partial charge in [-0.1, -0.05) is 11.6 Å². The fourth-order valence-electron chi connectivity index (χ4n) is 2.10. The van der Waals surface area contributed by atoms with Gasteiger partial charge in [0.2, 0.25) is 0 Å². The molecule has 3 rings (SSSR count). The summed E-state index contributed by atoms with van der Waals surface area (Å²) in [5.74, 6) is 1.44. The summed E-state index contributed by atoms with van der Waals surface area (Å²) in [4.78, 5) is 0. The first kappa shape index (κ1) is 11.5. The van der Waals surface area contributed by atoms with Gasteiger partial charge in [-0.15, -0.1) is 5.10 Å². The Morgan fingerprint density at radius 2 is 2.22 bits per heavy atom. The van der Waals surface area contributed by atoms with E-state index in [0.29, 0.717) is 22.7 Å². The van der Waals surface area contributed by atoms with E-state index < -0.39 is 0 Å². The van der Waals surface area contributed by atoms with Crippen LogP contribution < -0.4 is 5.73 Å². The molecule has 0 aliphatic heterocycles. The predicted molar refractivity (Wildman–Crippen MR) is 70.1 cm³/mol. The highest BCUT2D eigenvalue weighted by Gasteiger charge is 2.31. The Labute approximate surface area is 110 Å². The maximum atomic E-state index is 6.03. The molecule has 1 aromatic carbocycles. The summed E-state index contributed by atoms with van der Waals surface area (Å²) >= 11 is 6.03. The minimum atomic E-state index is 0.325. The van der Waals surface area contributed by atoms with E-state index in [2.05, 4.69) is 22.4 Å². The second-order valence-electron chi connectivity index (χ2n) is 4.76. The van der Waals surface area contributed by atoms with E-state index in [1.165, 1.54) is 12.8 Å². The van der Waals surface area contributed by atoms with Gasteiger partial charge in [-0.3, -0.25) is 0 Å². The van der Waals surface area contributed by atoms with Crippen molar-refractivity contribution in [3.8, 4) is 11.4 Å². The minimum Gasteiger partial charge on any atom is -0.398 e. The Bertz CT molecular complexity index is 576. The molecule has 1 aliphatic rings. The highest BCUT2D eigenvalue weighted by molar-refractivity contribution is 6.33.